The van der Waals surface area contributed by atoms with Crippen molar-refractivity contribution >= 4 is 38.3 Å². The van der Waals surface area contributed by atoms with Crippen LogP contribution in [-0.2, 0) is 26.7 Å². The molecule has 0 radical (unpaired) electrons. The van der Waals surface area contributed by atoms with Crippen molar-refractivity contribution in [3.05, 3.63) is 76.8 Å². The lowest BCUT2D eigenvalue weighted by Gasteiger charge is -2.33. The Balaban J connectivity index is 1.55. The zero-order valence-corrected chi connectivity index (χ0v) is 19.3. The molecule has 3 aromatic rings. The molecule has 2 aliphatic rings. The van der Waals surface area contributed by atoms with E-state index in [1.807, 2.05) is 36.4 Å². The highest BCUT2D eigenvalue weighted by Crippen LogP contribution is 2.43. The van der Waals surface area contributed by atoms with Gasteiger partial charge in [0.05, 0.1) is 10.3 Å². The van der Waals surface area contributed by atoms with Gasteiger partial charge in [-0.05, 0) is 67.4 Å². The van der Waals surface area contributed by atoms with Crippen LogP contribution in [0.15, 0.2) is 65.6 Å². The molecular weight excluding hydrogens is 444 g/mol. The number of nitrogens with one attached hydrogen (secondary N) is 1. The fourth-order valence-electron chi connectivity index (χ4n) is 5.23. The third-order valence-corrected chi connectivity index (χ3v) is 8.57. The fourth-order valence-corrected chi connectivity index (χ4v) is 6.78. The Bertz CT molecular complexity index is 1300. The summed E-state index contributed by atoms with van der Waals surface area (Å²) in [5.74, 6) is -0.474. The molecule has 3 aromatic carbocycles. The van der Waals surface area contributed by atoms with Crippen LogP contribution < -0.4 is 4.72 Å². The average Bonchev–Trinajstić information content (AvgIpc) is 3.43. The van der Waals surface area contributed by atoms with Gasteiger partial charge in [-0.3, -0.25) is 4.79 Å². The Morgan fingerprint density at radius 3 is 2.53 bits per heavy atom. The molecule has 1 aliphatic heterocycles. The second-order valence-corrected chi connectivity index (χ2v) is 10.8. The number of sulfonamides is 1. The molecule has 0 bridgehead atoms. The molecule has 1 fully saturated rings. The molecular formula is C25H25ClN2O3S. The van der Waals surface area contributed by atoms with E-state index in [2.05, 4.69) is 9.62 Å². The van der Waals surface area contributed by atoms with Crippen LogP contribution in [0.5, 0.6) is 0 Å². The normalized spacial score (nSPS) is 21.0. The molecule has 0 aromatic heterocycles. The molecule has 1 unspecified atom stereocenters. The molecule has 5 nitrogen and oxygen atoms in total. The predicted octanol–water partition coefficient (Wildman–Crippen LogP) is 4.28. The quantitative estimate of drug-likeness (QED) is 0.607. The number of benzene rings is 3. The van der Waals surface area contributed by atoms with E-state index in [1.54, 1.807) is 24.3 Å². The first kappa shape index (κ1) is 21.4. The lowest BCUT2D eigenvalue weighted by atomic mass is 9.80. The van der Waals surface area contributed by atoms with Crippen LogP contribution >= 0.6 is 11.6 Å². The van der Waals surface area contributed by atoms with Crippen LogP contribution in [0, 0.1) is 0 Å². The Kier molecular flexibility index (Phi) is 5.48. The van der Waals surface area contributed by atoms with Crippen LogP contribution in [0.2, 0.25) is 5.02 Å². The molecule has 0 spiro atoms. The van der Waals surface area contributed by atoms with Gasteiger partial charge < -0.3 is 4.90 Å². The standard InChI is InChI=1S/C25H25ClN2O3S/c26-22-11-6-10-21-20(22)13-14-25(21,17-28-15-3-4-16-28)24(29)27-32(30,31)23-12-5-8-18-7-1-2-9-19(18)23/h1-2,5-12H,3-4,13-17H2,(H,27,29). The summed E-state index contributed by atoms with van der Waals surface area (Å²) in [4.78, 5) is 16.2. The number of carbonyl (C=O) groups excluding carboxylic acids is 1. The Morgan fingerprint density at radius 1 is 1.00 bits per heavy atom. The van der Waals surface area contributed by atoms with Gasteiger partial charge in [0.1, 0.15) is 0 Å². The van der Waals surface area contributed by atoms with E-state index in [4.69, 9.17) is 11.6 Å². The minimum absolute atomic E-state index is 0.115. The summed E-state index contributed by atoms with van der Waals surface area (Å²) >= 11 is 6.45. The molecule has 1 amide bonds. The second-order valence-electron chi connectivity index (χ2n) is 8.74. The number of fused-ring (bicyclic) bond motifs is 2. The van der Waals surface area contributed by atoms with Gasteiger partial charge in [-0.15, -0.1) is 0 Å². The fraction of sp³-hybridized carbons (Fsp3) is 0.320. The zero-order chi connectivity index (χ0) is 22.3. The van der Waals surface area contributed by atoms with Crippen molar-refractivity contribution in [1.29, 1.82) is 0 Å². The molecule has 1 saturated heterocycles. The van der Waals surface area contributed by atoms with Crippen molar-refractivity contribution in [1.82, 2.24) is 9.62 Å². The number of amides is 1. The van der Waals surface area contributed by atoms with Crippen molar-refractivity contribution < 1.29 is 13.2 Å². The molecule has 166 valence electrons. The van der Waals surface area contributed by atoms with Crippen LogP contribution in [0.3, 0.4) is 0 Å². The molecule has 1 heterocycles. The number of likely N-dealkylation sites (tertiary alicyclic amines) is 1. The summed E-state index contributed by atoms with van der Waals surface area (Å²) in [6, 6.07) is 18.0. The van der Waals surface area contributed by atoms with Gasteiger partial charge in [0.15, 0.2) is 0 Å². The van der Waals surface area contributed by atoms with Gasteiger partial charge in [-0.2, -0.15) is 0 Å². The maximum atomic E-state index is 13.8. The first-order valence-corrected chi connectivity index (χ1v) is 12.8. The van der Waals surface area contributed by atoms with Crippen molar-refractivity contribution in [3.8, 4) is 0 Å². The van der Waals surface area contributed by atoms with Crippen molar-refractivity contribution in [2.45, 2.75) is 36.0 Å². The van der Waals surface area contributed by atoms with E-state index in [0.717, 1.165) is 42.4 Å². The van der Waals surface area contributed by atoms with E-state index < -0.39 is 21.3 Å². The monoisotopic (exact) mass is 468 g/mol. The first-order chi connectivity index (χ1) is 15.4. The van der Waals surface area contributed by atoms with Gasteiger partial charge in [0, 0.05) is 17.0 Å². The molecule has 5 rings (SSSR count). The smallest absolute Gasteiger partial charge is 0.264 e. The highest BCUT2D eigenvalue weighted by Gasteiger charge is 2.48. The van der Waals surface area contributed by atoms with Gasteiger partial charge >= 0.3 is 0 Å². The summed E-state index contributed by atoms with van der Waals surface area (Å²) in [5.41, 5.74) is 0.857. The Hall–Kier alpha value is -2.41. The highest BCUT2D eigenvalue weighted by molar-refractivity contribution is 7.90. The van der Waals surface area contributed by atoms with E-state index in [1.165, 1.54) is 0 Å². The van der Waals surface area contributed by atoms with Crippen LogP contribution in [0.4, 0.5) is 0 Å². The zero-order valence-electron chi connectivity index (χ0n) is 17.7. The van der Waals surface area contributed by atoms with Gasteiger partial charge in [0.2, 0.25) is 5.91 Å². The molecule has 32 heavy (non-hydrogen) atoms. The average molecular weight is 469 g/mol. The number of carbonyl (C=O) groups is 1. The SMILES string of the molecule is O=C(NS(=O)(=O)c1cccc2ccccc12)C1(CN2CCCC2)CCc2c(Cl)cccc21. The first-order valence-electron chi connectivity index (χ1n) is 11.0. The molecule has 7 heteroatoms. The number of rotatable bonds is 5. The van der Waals surface area contributed by atoms with E-state index in [-0.39, 0.29) is 4.90 Å². The molecule has 1 aliphatic carbocycles. The van der Waals surface area contributed by atoms with E-state index in [0.29, 0.717) is 29.8 Å². The summed E-state index contributed by atoms with van der Waals surface area (Å²) in [6.45, 7) is 2.33. The van der Waals surface area contributed by atoms with E-state index >= 15 is 0 Å². The topological polar surface area (TPSA) is 66.5 Å². The number of halogens is 1. The van der Waals surface area contributed by atoms with Crippen molar-refractivity contribution in [2.75, 3.05) is 19.6 Å². The summed E-state index contributed by atoms with van der Waals surface area (Å²) in [5, 5.41) is 2.04. The third-order valence-electron chi connectivity index (χ3n) is 6.83. The van der Waals surface area contributed by atoms with E-state index in [9.17, 15) is 13.2 Å². The largest absolute Gasteiger partial charge is 0.302 e. The van der Waals surface area contributed by atoms with Gasteiger partial charge in [-0.1, -0.05) is 60.1 Å². The lowest BCUT2D eigenvalue weighted by Crippen LogP contribution is -2.51. The van der Waals surface area contributed by atoms with Gasteiger partial charge in [0.25, 0.3) is 10.0 Å². The summed E-state index contributed by atoms with van der Waals surface area (Å²) < 4.78 is 29.2. The second kappa shape index (κ2) is 8.18. The summed E-state index contributed by atoms with van der Waals surface area (Å²) in [7, 11) is -4.06. The minimum Gasteiger partial charge on any atom is -0.302 e. The third kappa shape index (κ3) is 3.60. The highest BCUT2D eigenvalue weighted by atomic mass is 35.5. The van der Waals surface area contributed by atoms with Crippen LogP contribution in [0.25, 0.3) is 10.8 Å². The number of nitrogens with zero attached hydrogens (tertiary/aromatic N) is 1. The number of hydrogen-bond donors (Lipinski definition) is 1. The molecule has 1 atom stereocenters. The summed E-state index contributed by atoms with van der Waals surface area (Å²) in [6.07, 6.45) is 3.38. The number of hydrogen-bond acceptors (Lipinski definition) is 4. The molecule has 0 saturated carbocycles. The Morgan fingerprint density at radius 2 is 1.72 bits per heavy atom. The van der Waals surface area contributed by atoms with Gasteiger partial charge in [-0.25, -0.2) is 13.1 Å². The van der Waals surface area contributed by atoms with Crippen molar-refractivity contribution in [2.24, 2.45) is 0 Å². The Labute approximate surface area is 193 Å². The van der Waals surface area contributed by atoms with Crippen molar-refractivity contribution in [3.63, 3.8) is 0 Å². The van der Waals surface area contributed by atoms with Crippen LogP contribution in [-0.4, -0.2) is 38.9 Å². The maximum absolute atomic E-state index is 13.8. The predicted molar refractivity (Wildman–Crippen MR) is 126 cm³/mol. The lowest BCUT2D eigenvalue weighted by molar-refractivity contribution is -0.125. The molecule has 1 N–H and O–H groups in total. The minimum atomic E-state index is -4.06. The van der Waals surface area contributed by atoms with Crippen LogP contribution in [0.1, 0.15) is 30.4 Å². The maximum Gasteiger partial charge on any atom is 0.264 e.